The molecule has 226 valence electrons. The standard InChI is InChI=1S/C35H29F2N5O3/c36-27-17-22(20-40-12-14-41(15-13-40)29-8-5-21(19-38)16-28(29)37)4-6-24(27)18-23-7-9-30-33-25(23)2-1-3-26(33)35(45)42(30)31-10-11-32(43)39-34(31)44/h1-9,16-17,31H,10-15,18,20H2,(H,39,43,44). The molecule has 4 aromatic rings. The van der Waals surface area contributed by atoms with Crippen LogP contribution in [0.2, 0.25) is 0 Å². The Morgan fingerprint density at radius 1 is 0.867 bits per heavy atom. The summed E-state index contributed by atoms with van der Waals surface area (Å²) in [6, 6.07) is 20.1. The number of nitriles is 1. The van der Waals surface area contributed by atoms with Gasteiger partial charge in [-0.3, -0.25) is 29.5 Å². The van der Waals surface area contributed by atoms with Crippen LogP contribution in [-0.2, 0) is 22.6 Å². The van der Waals surface area contributed by atoms with Crippen molar-refractivity contribution in [1.29, 1.82) is 5.26 Å². The van der Waals surface area contributed by atoms with E-state index in [1.807, 2.05) is 35.2 Å². The highest BCUT2D eigenvalue weighted by atomic mass is 19.1. The van der Waals surface area contributed by atoms with Crippen molar-refractivity contribution in [2.75, 3.05) is 36.0 Å². The molecule has 8 nitrogen and oxygen atoms in total. The summed E-state index contributed by atoms with van der Waals surface area (Å²) >= 11 is 0. The first kappa shape index (κ1) is 28.6. The Labute approximate surface area is 258 Å². The maximum atomic E-state index is 15.5. The quantitative estimate of drug-likeness (QED) is 0.321. The molecule has 7 rings (SSSR count). The number of amides is 3. The molecule has 2 fully saturated rings. The second kappa shape index (κ2) is 11.4. The summed E-state index contributed by atoms with van der Waals surface area (Å²) in [7, 11) is 0. The fourth-order valence-corrected chi connectivity index (χ4v) is 6.73. The minimum absolute atomic E-state index is 0.168. The number of nitrogens with one attached hydrogen (secondary N) is 1. The number of carbonyl (C=O) groups is 3. The van der Waals surface area contributed by atoms with Crippen LogP contribution in [0.15, 0.2) is 66.7 Å². The van der Waals surface area contributed by atoms with Crippen LogP contribution in [-0.4, -0.2) is 54.8 Å². The molecule has 3 amide bonds. The van der Waals surface area contributed by atoms with Crippen LogP contribution in [0.1, 0.15) is 45.5 Å². The maximum Gasteiger partial charge on any atom is 0.259 e. The van der Waals surface area contributed by atoms with Gasteiger partial charge in [-0.1, -0.05) is 30.3 Å². The molecule has 10 heteroatoms. The van der Waals surface area contributed by atoms with E-state index in [1.165, 1.54) is 11.0 Å². The van der Waals surface area contributed by atoms with Gasteiger partial charge in [0.1, 0.15) is 17.7 Å². The largest absolute Gasteiger partial charge is 0.367 e. The van der Waals surface area contributed by atoms with Crippen molar-refractivity contribution >= 4 is 39.9 Å². The lowest BCUT2D eigenvalue weighted by atomic mass is 9.95. The Bertz CT molecular complexity index is 1930. The Morgan fingerprint density at radius 2 is 1.64 bits per heavy atom. The molecule has 0 bridgehead atoms. The zero-order valence-corrected chi connectivity index (χ0v) is 24.4. The van der Waals surface area contributed by atoms with E-state index >= 15 is 4.39 Å². The van der Waals surface area contributed by atoms with Crippen LogP contribution < -0.4 is 15.1 Å². The fourth-order valence-electron chi connectivity index (χ4n) is 6.73. The van der Waals surface area contributed by atoms with Crippen molar-refractivity contribution in [3.05, 3.63) is 106 Å². The average Bonchev–Trinajstić information content (AvgIpc) is 3.32. The third kappa shape index (κ3) is 5.19. The second-order valence-corrected chi connectivity index (χ2v) is 11.8. The molecule has 1 N–H and O–H groups in total. The van der Waals surface area contributed by atoms with Gasteiger partial charge in [-0.2, -0.15) is 5.26 Å². The number of halogens is 2. The van der Waals surface area contributed by atoms with Crippen LogP contribution in [0.4, 0.5) is 20.2 Å². The van der Waals surface area contributed by atoms with Crippen molar-refractivity contribution in [3.8, 4) is 6.07 Å². The van der Waals surface area contributed by atoms with Gasteiger partial charge in [-0.05, 0) is 64.9 Å². The van der Waals surface area contributed by atoms with Gasteiger partial charge in [-0.25, -0.2) is 8.78 Å². The van der Waals surface area contributed by atoms with E-state index in [0.29, 0.717) is 67.2 Å². The van der Waals surface area contributed by atoms with E-state index in [1.54, 1.807) is 36.4 Å². The molecule has 0 saturated carbocycles. The van der Waals surface area contributed by atoms with Crippen molar-refractivity contribution in [2.24, 2.45) is 0 Å². The van der Waals surface area contributed by atoms with Crippen LogP contribution in [0.25, 0.3) is 10.8 Å². The lowest BCUT2D eigenvalue weighted by molar-refractivity contribution is -0.134. The number of carbonyl (C=O) groups excluding carboxylic acids is 3. The Balaban J connectivity index is 1.05. The van der Waals surface area contributed by atoms with Crippen molar-refractivity contribution in [1.82, 2.24) is 10.2 Å². The smallest absolute Gasteiger partial charge is 0.259 e. The molecule has 3 aliphatic rings. The third-order valence-electron chi connectivity index (χ3n) is 9.03. The van der Waals surface area contributed by atoms with Crippen LogP contribution >= 0.6 is 0 Å². The molecule has 3 aliphatic heterocycles. The SMILES string of the molecule is N#Cc1ccc(N2CCN(Cc3ccc(Cc4ccc5c6c(cccc46)C(=O)N5C4CCC(=O)NC4=O)c(F)c3)CC2)c(F)c1. The van der Waals surface area contributed by atoms with Crippen molar-refractivity contribution in [3.63, 3.8) is 0 Å². The Kier molecular flexibility index (Phi) is 7.26. The van der Waals surface area contributed by atoms with Gasteiger partial charge in [0, 0.05) is 56.5 Å². The van der Waals surface area contributed by atoms with Gasteiger partial charge in [-0.15, -0.1) is 0 Å². The monoisotopic (exact) mass is 605 g/mol. The highest BCUT2D eigenvalue weighted by Gasteiger charge is 2.40. The summed E-state index contributed by atoms with van der Waals surface area (Å²) in [6.07, 6.45) is 0.756. The molecular weight excluding hydrogens is 576 g/mol. The molecule has 3 heterocycles. The van der Waals surface area contributed by atoms with Gasteiger partial charge in [0.25, 0.3) is 5.91 Å². The fraction of sp³-hybridized carbons (Fsp3) is 0.257. The zero-order valence-electron chi connectivity index (χ0n) is 24.4. The number of hydrogen-bond acceptors (Lipinski definition) is 6. The molecule has 2 saturated heterocycles. The number of imide groups is 1. The summed E-state index contributed by atoms with van der Waals surface area (Å²) in [5.41, 5.74) is 4.15. The summed E-state index contributed by atoms with van der Waals surface area (Å²) in [5, 5.41) is 12.9. The Morgan fingerprint density at radius 3 is 2.38 bits per heavy atom. The topological polar surface area (TPSA) is 96.8 Å². The number of benzene rings is 4. The van der Waals surface area contributed by atoms with Crippen LogP contribution in [0, 0.1) is 23.0 Å². The van der Waals surface area contributed by atoms with Crippen LogP contribution in [0.5, 0.6) is 0 Å². The van der Waals surface area contributed by atoms with E-state index in [0.717, 1.165) is 21.9 Å². The predicted molar refractivity (Wildman–Crippen MR) is 165 cm³/mol. The zero-order chi connectivity index (χ0) is 31.2. The minimum atomic E-state index is -0.762. The summed E-state index contributed by atoms with van der Waals surface area (Å²) in [6.45, 7) is 3.20. The average molecular weight is 606 g/mol. The highest BCUT2D eigenvalue weighted by molar-refractivity contribution is 6.27. The first-order chi connectivity index (χ1) is 21.8. The number of hydrogen-bond donors (Lipinski definition) is 1. The number of piperazine rings is 1. The highest BCUT2D eigenvalue weighted by Crippen LogP contribution is 2.41. The van der Waals surface area contributed by atoms with E-state index in [-0.39, 0.29) is 30.5 Å². The lowest BCUT2D eigenvalue weighted by Gasteiger charge is -2.36. The van der Waals surface area contributed by atoms with E-state index in [4.69, 9.17) is 5.26 Å². The third-order valence-corrected chi connectivity index (χ3v) is 9.03. The Hall–Kier alpha value is -5.14. The molecule has 1 atom stereocenters. The first-order valence-corrected chi connectivity index (χ1v) is 15.0. The van der Waals surface area contributed by atoms with Crippen molar-refractivity contribution < 1.29 is 23.2 Å². The summed E-state index contributed by atoms with van der Waals surface area (Å²) < 4.78 is 29.9. The number of anilines is 2. The molecule has 1 unspecified atom stereocenters. The normalized spacial score (nSPS) is 18.4. The summed E-state index contributed by atoms with van der Waals surface area (Å²) in [5.74, 6) is -1.81. The van der Waals surface area contributed by atoms with E-state index in [2.05, 4.69) is 10.2 Å². The molecule has 0 spiro atoms. The van der Waals surface area contributed by atoms with E-state index in [9.17, 15) is 18.8 Å². The van der Waals surface area contributed by atoms with Gasteiger partial charge in [0.2, 0.25) is 11.8 Å². The maximum absolute atomic E-state index is 15.5. The van der Waals surface area contributed by atoms with E-state index < -0.39 is 17.8 Å². The van der Waals surface area contributed by atoms with Crippen LogP contribution in [0.3, 0.4) is 0 Å². The number of nitrogens with zero attached hydrogens (tertiary/aromatic N) is 4. The minimum Gasteiger partial charge on any atom is -0.367 e. The van der Waals surface area contributed by atoms with Gasteiger partial charge >= 0.3 is 0 Å². The second-order valence-electron chi connectivity index (χ2n) is 11.8. The van der Waals surface area contributed by atoms with Crippen molar-refractivity contribution in [2.45, 2.75) is 31.8 Å². The summed E-state index contributed by atoms with van der Waals surface area (Å²) in [4.78, 5) is 43.4. The van der Waals surface area contributed by atoms with Gasteiger partial charge < -0.3 is 4.90 Å². The number of rotatable bonds is 6. The molecule has 4 aromatic carbocycles. The molecule has 0 radical (unpaired) electrons. The first-order valence-electron chi connectivity index (χ1n) is 15.0. The van der Waals surface area contributed by atoms with Gasteiger partial charge in [0.05, 0.1) is 23.0 Å². The lowest BCUT2D eigenvalue weighted by Crippen LogP contribution is -2.53. The molecule has 45 heavy (non-hydrogen) atoms. The number of piperidine rings is 1. The molecule has 0 aromatic heterocycles. The molecular formula is C35H29F2N5O3. The van der Waals surface area contributed by atoms with Gasteiger partial charge in [0.15, 0.2) is 0 Å². The predicted octanol–water partition coefficient (Wildman–Crippen LogP) is 4.67. The molecule has 0 aliphatic carbocycles.